The Kier molecular flexibility index (Phi) is 8.33. The van der Waals surface area contributed by atoms with Gasteiger partial charge in [-0.15, -0.1) is 0 Å². The molecule has 0 saturated carbocycles. The number of nitrogens with zero attached hydrogens (tertiary/aromatic N) is 2. The summed E-state index contributed by atoms with van der Waals surface area (Å²) in [4.78, 5) is 4.60. The summed E-state index contributed by atoms with van der Waals surface area (Å²) in [7, 11) is 4.27. The Labute approximate surface area is 81.9 Å². The zero-order valence-electron chi connectivity index (χ0n) is 9.13. The van der Waals surface area contributed by atoms with Crippen LogP contribution >= 0.6 is 0 Å². The molecule has 80 valence electrons. The van der Waals surface area contributed by atoms with E-state index in [1.165, 1.54) is 6.42 Å². The lowest BCUT2D eigenvalue weighted by Gasteiger charge is -2.18. The molecule has 4 heteroatoms. The Balaban J connectivity index is 3.23. The molecule has 0 unspecified atom stereocenters. The number of nitrogens with two attached hydrogens (primary N) is 1. The van der Waals surface area contributed by atoms with Crippen LogP contribution in [-0.4, -0.2) is 63.2 Å². The predicted octanol–water partition coefficient (Wildman–Crippen LogP) is -1.56. The van der Waals surface area contributed by atoms with Crippen molar-refractivity contribution in [3.63, 3.8) is 0 Å². The molecule has 0 fully saturated rings. The SMILES string of the molecule is CN(CCN)CCCN(C)CC[NH3+]. The van der Waals surface area contributed by atoms with E-state index in [1.807, 2.05) is 0 Å². The van der Waals surface area contributed by atoms with Gasteiger partial charge in [0.1, 0.15) is 0 Å². The van der Waals surface area contributed by atoms with Crippen molar-refractivity contribution in [1.82, 2.24) is 9.80 Å². The third kappa shape index (κ3) is 8.18. The second kappa shape index (κ2) is 8.44. The zero-order chi connectivity index (χ0) is 10.1. The van der Waals surface area contributed by atoms with Crippen LogP contribution in [0.5, 0.6) is 0 Å². The number of rotatable bonds is 8. The maximum atomic E-state index is 5.45. The fraction of sp³-hybridized carbons (Fsp3) is 1.00. The van der Waals surface area contributed by atoms with E-state index in [1.54, 1.807) is 0 Å². The minimum absolute atomic E-state index is 0.755. The minimum atomic E-state index is 0.755. The maximum absolute atomic E-state index is 5.45. The quantitative estimate of drug-likeness (QED) is 0.485. The van der Waals surface area contributed by atoms with Gasteiger partial charge in [0.15, 0.2) is 0 Å². The molecule has 0 spiro atoms. The highest BCUT2D eigenvalue weighted by Crippen LogP contribution is 1.89. The Morgan fingerprint density at radius 3 is 2.00 bits per heavy atom. The summed E-state index contributed by atoms with van der Waals surface area (Å²) >= 11 is 0. The molecule has 5 N–H and O–H groups in total. The van der Waals surface area contributed by atoms with E-state index in [4.69, 9.17) is 5.73 Å². The Hall–Kier alpha value is -0.160. The molecule has 0 aromatic heterocycles. The van der Waals surface area contributed by atoms with E-state index < -0.39 is 0 Å². The van der Waals surface area contributed by atoms with E-state index in [2.05, 4.69) is 29.6 Å². The summed E-state index contributed by atoms with van der Waals surface area (Å²) < 4.78 is 0. The van der Waals surface area contributed by atoms with Gasteiger partial charge in [0.25, 0.3) is 0 Å². The molecule has 0 saturated heterocycles. The highest BCUT2D eigenvalue weighted by atomic mass is 15.1. The smallest absolute Gasteiger partial charge is 0.0869 e. The topological polar surface area (TPSA) is 60.1 Å². The average molecular weight is 189 g/mol. The van der Waals surface area contributed by atoms with Crippen molar-refractivity contribution in [2.24, 2.45) is 5.73 Å². The fourth-order valence-corrected chi connectivity index (χ4v) is 1.32. The van der Waals surface area contributed by atoms with Crippen LogP contribution in [0.3, 0.4) is 0 Å². The fourth-order valence-electron chi connectivity index (χ4n) is 1.32. The lowest BCUT2D eigenvalue weighted by atomic mass is 10.3. The first-order valence-electron chi connectivity index (χ1n) is 5.07. The first kappa shape index (κ1) is 12.8. The lowest BCUT2D eigenvalue weighted by molar-refractivity contribution is -0.368. The first-order valence-corrected chi connectivity index (χ1v) is 5.07. The van der Waals surface area contributed by atoms with Crippen molar-refractivity contribution in [2.75, 3.05) is 53.4 Å². The van der Waals surface area contributed by atoms with Crippen LogP contribution in [0.2, 0.25) is 0 Å². The molecule has 0 aromatic carbocycles. The highest BCUT2D eigenvalue weighted by molar-refractivity contribution is 4.55. The number of hydrogen-bond donors (Lipinski definition) is 2. The van der Waals surface area contributed by atoms with E-state index in [9.17, 15) is 0 Å². The van der Waals surface area contributed by atoms with Gasteiger partial charge in [0, 0.05) is 19.6 Å². The van der Waals surface area contributed by atoms with Crippen molar-refractivity contribution >= 4 is 0 Å². The molecule has 0 aliphatic rings. The molecular weight excluding hydrogens is 164 g/mol. The number of likely N-dealkylation sites (N-methyl/N-ethyl adjacent to an activating group) is 2. The third-order valence-electron chi connectivity index (χ3n) is 2.13. The van der Waals surface area contributed by atoms with Crippen molar-refractivity contribution in [2.45, 2.75) is 6.42 Å². The normalized spacial score (nSPS) is 11.5. The summed E-state index contributed by atoms with van der Waals surface area (Å²) in [5.41, 5.74) is 9.28. The van der Waals surface area contributed by atoms with Crippen molar-refractivity contribution < 1.29 is 5.73 Å². The zero-order valence-corrected chi connectivity index (χ0v) is 9.13. The van der Waals surface area contributed by atoms with Crippen molar-refractivity contribution in [3.8, 4) is 0 Å². The van der Waals surface area contributed by atoms with Crippen LogP contribution in [0.25, 0.3) is 0 Å². The maximum Gasteiger partial charge on any atom is 0.0869 e. The van der Waals surface area contributed by atoms with Crippen LogP contribution < -0.4 is 11.5 Å². The molecule has 4 nitrogen and oxygen atoms in total. The molecular formula is C9H25N4+. The second-order valence-electron chi connectivity index (χ2n) is 3.60. The van der Waals surface area contributed by atoms with E-state index >= 15 is 0 Å². The van der Waals surface area contributed by atoms with Crippen molar-refractivity contribution in [3.05, 3.63) is 0 Å². The molecule has 0 amide bonds. The van der Waals surface area contributed by atoms with Crippen LogP contribution in [-0.2, 0) is 0 Å². The number of quaternary nitrogens is 1. The first-order chi connectivity index (χ1) is 6.20. The summed E-state index contributed by atoms with van der Waals surface area (Å²) in [5.74, 6) is 0. The third-order valence-corrected chi connectivity index (χ3v) is 2.13. The van der Waals surface area contributed by atoms with Crippen molar-refractivity contribution in [1.29, 1.82) is 0 Å². The molecule has 13 heavy (non-hydrogen) atoms. The molecule has 0 aromatic rings. The van der Waals surface area contributed by atoms with Crippen LogP contribution in [0.4, 0.5) is 0 Å². The molecule has 0 aliphatic carbocycles. The summed E-state index contributed by atoms with van der Waals surface area (Å²) in [6, 6.07) is 0. The van der Waals surface area contributed by atoms with Gasteiger partial charge in [0.2, 0.25) is 0 Å². The second-order valence-corrected chi connectivity index (χ2v) is 3.60. The monoisotopic (exact) mass is 189 g/mol. The molecule has 0 aliphatic heterocycles. The molecule has 0 atom stereocenters. The number of hydrogen-bond acceptors (Lipinski definition) is 3. The van der Waals surface area contributed by atoms with Gasteiger partial charge in [-0.05, 0) is 33.6 Å². The van der Waals surface area contributed by atoms with Crippen LogP contribution in [0, 0.1) is 0 Å². The lowest BCUT2D eigenvalue weighted by Crippen LogP contribution is -2.54. The van der Waals surface area contributed by atoms with E-state index in [-0.39, 0.29) is 0 Å². The summed E-state index contributed by atoms with van der Waals surface area (Å²) in [6.07, 6.45) is 1.22. The Morgan fingerprint density at radius 1 is 1.00 bits per heavy atom. The average Bonchev–Trinajstić information content (AvgIpc) is 2.05. The van der Waals surface area contributed by atoms with Gasteiger partial charge in [0.05, 0.1) is 6.54 Å². The largest absolute Gasteiger partial charge is 0.357 e. The van der Waals surface area contributed by atoms with E-state index in [0.29, 0.717) is 0 Å². The predicted molar refractivity (Wildman–Crippen MR) is 56.4 cm³/mol. The van der Waals surface area contributed by atoms with Gasteiger partial charge in [-0.1, -0.05) is 0 Å². The summed E-state index contributed by atoms with van der Waals surface area (Å²) in [5, 5.41) is 0. The molecule has 0 heterocycles. The molecule has 0 bridgehead atoms. The van der Waals surface area contributed by atoms with Crippen LogP contribution in [0.15, 0.2) is 0 Å². The molecule has 0 radical (unpaired) electrons. The highest BCUT2D eigenvalue weighted by Gasteiger charge is 1.99. The Morgan fingerprint density at radius 2 is 1.54 bits per heavy atom. The van der Waals surface area contributed by atoms with Gasteiger partial charge < -0.3 is 21.3 Å². The van der Waals surface area contributed by atoms with Gasteiger partial charge in [-0.2, -0.15) is 0 Å². The van der Waals surface area contributed by atoms with Gasteiger partial charge in [-0.3, -0.25) is 0 Å². The standard InChI is InChI=1S/C9H24N4/c1-12(8-4-10)6-3-7-13(2)9-5-11/h3-11H2,1-2H3/p+1. The molecule has 0 rings (SSSR count). The summed E-state index contributed by atoms with van der Waals surface area (Å²) in [6.45, 7) is 6.14. The van der Waals surface area contributed by atoms with Gasteiger partial charge >= 0.3 is 0 Å². The Bertz CT molecular complexity index is 95.8. The van der Waals surface area contributed by atoms with Gasteiger partial charge in [-0.25, -0.2) is 0 Å². The van der Waals surface area contributed by atoms with Crippen LogP contribution in [0.1, 0.15) is 6.42 Å². The van der Waals surface area contributed by atoms with E-state index in [0.717, 1.165) is 39.3 Å². The minimum Gasteiger partial charge on any atom is -0.357 e.